The first-order valence-electron chi connectivity index (χ1n) is 6.19. The van der Waals surface area contributed by atoms with Gasteiger partial charge in [-0.05, 0) is 30.7 Å². The lowest BCUT2D eigenvalue weighted by atomic mass is 9.86. The molecule has 0 spiro atoms. The Morgan fingerprint density at radius 2 is 1.67 bits per heavy atom. The largest absolute Gasteiger partial charge is 0.384 e. The van der Waals surface area contributed by atoms with E-state index in [1.165, 1.54) is 6.42 Å². The third kappa shape index (κ3) is 7.80. The second-order valence-corrected chi connectivity index (χ2v) is 5.39. The number of hydrogen-bond acceptors (Lipinski definition) is 2. The number of hydrogen-bond donors (Lipinski definition) is 1. The van der Waals surface area contributed by atoms with Crippen LogP contribution < -0.4 is 5.32 Å². The van der Waals surface area contributed by atoms with Gasteiger partial charge in [-0.15, -0.1) is 0 Å². The number of rotatable bonds is 8. The zero-order chi connectivity index (χ0) is 11.8. The van der Waals surface area contributed by atoms with Crippen molar-refractivity contribution < 1.29 is 4.74 Å². The van der Waals surface area contributed by atoms with Crippen LogP contribution in [0.2, 0.25) is 0 Å². The third-order valence-corrected chi connectivity index (χ3v) is 2.80. The Hall–Kier alpha value is -0.0800. The molecule has 0 aromatic carbocycles. The average Bonchev–Trinajstić information content (AvgIpc) is 2.11. The molecule has 0 saturated carbocycles. The zero-order valence-electron chi connectivity index (χ0n) is 11.3. The van der Waals surface area contributed by atoms with E-state index in [0.717, 1.165) is 25.0 Å². The van der Waals surface area contributed by atoms with Crippen LogP contribution in [0.15, 0.2) is 0 Å². The van der Waals surface area contributed by atoms with Crippen molar-refractivity contribution in [1.82, 2.24) is 5.32 Å². The van der Waals surface area contributed by atoms with E-state index in [1.54, 1.807) is 7.11 Å². The van der Waals surface area contributed by atoms with Gasteiger partial charge in [0.05, 0.1) is 0 Å². The summed E-state index contributed by atoms with van der Waals surface area (Å²) in [5.74, 6) is 2.14. The van der Waals surface area contributed by atoms with E-state index in [1.807, 2.05) is 0 Å². The second-order valence-electron chi connectivity index (χ2n) is 5.39. The van der Waals surface area contributed by atoms with Gasteiger partial charge < -0.3 is 10.1 Å². The van der Waals surface area contributed by atoms with Crippen molar-refractivity contribution >= 4 is 0 Å². The molecule has 0 radical (unpaired) electrons. The van der Waals surface area contributed by atoms with Gasteiger partial charge >= 0.3 is 0 Å². The lowest BCUT2D eigenvalue weighted by molar-refractivity contribution is 0.119. The Kier molecular flexibility index (Phi) is 8.07. The lowest BCUT2D eigenvalue weighted by Crippen LogP contribution is -2.33. The van der Waals surface area contributed by atoms with Gasteiger partial charge in [0.2, 0.25) is 0 Å². The van der Waals surface area contributed by atoms with Gasteiger partial charge in [-0.1, -0.05) is 34.6 Å². The smallest absolute Gasteiger partial charge is 0.0490 e. The standard InChI is InChI=1S/C13H29NO/c1-10(2)7-13(8-14-11(3)4)12(5)9-15-6/h10-14H,7-9H2,1-6H3. The molecule has 2 nitrogen and oxygen atoms in total. The summed E-state index contributed by atoms with van der Waals surface area (Å²) in [7, 11) is 1.79. The summed E-state index contributed by atoms with van der Waals surface area (Å²) in [6.07, 6.45) is 1.28. The summed E-state index contributed by atoms with van der Waals surface area (Å²) in [6.45, 7) is 13.3. The van der Waals surface area contributed by atoms with Crippen LogP contribution in [0.5, 0.6) is 0 Å². The van der Waals surface area contributed by atoms with Crippen LogP contribution in [0.25, 0.3) is 0 Å². The highest BCUT2D eigenvalue weighted by Crippen LogP contribution is 2.20. The summed E-state index contributed by atoms with van der Waals surface area (Å²) in [5.41, 5.74) is 0. The summed E-state index contributed by atoms with van der Waals surface area (Å²) in [6, 6.07) is 0.578. The van der Waals surface area contributed by atoms with Gasteiger partial charge in [-0.2, -0.15) is 0 Å². The molecule has 2 heteroatoms. The van der Waals surface area contributed by atoms with Gasteiger partial charge in [-0.3, -0.25) is 0 Å². The molecule has 0 aromatic rings. The predicted molar refractivity (Wildman–Crippen MR) is 67.1 cm³/mol. The van der Waals surface area contributed by atoms with Crippen LogP contribution in [-0.2, 0) is 4.74 Å². The summed E-state index contributed by atoms with van der Waals surface area (Å²) in [4.78, 5) is 0. The average molecular weight is 215 g/mol. The Morgan fingerprint density at radius 3 is 2.07 bits per heavy atom. The molecule has 0 rings (SSSR count). The summed E-state index contributed by atoms with van der Waals surface area (Å²) in [5, 5.41) is 3.53. The highest BCUT2D eigenvalue weighted by atomic mass is 16.5. The minimum atomic E-state index is 0.578. The molecular weight excluding hydrogens is 186 g/mol. The van der Waals surface area contributed by atoms with Crippen LogP contribution in [0, 0.1) is 17.8 Å². The van der Waals surface area contributed by atoms with E-state index in [9.17, 15) is 0 Å². The molecule has 0 aliphatic carbocycles. The molecular formula is C13H29NO. The Morgan fingerprint density at radius 1 is 1.07 bits per heavy atom. The van der Waals surface area contributed by atoms with Gasteiger partial charge in [0.1, 0.15) is 0 Å². The predicted octanol–water partition coefficient (Wildman–Crippen LogP) is 2.93. The molecule has 0 aliphatic rings. The van der Waals surface area contributed by atoms with Crippen LogP contribution in [0.4, 0.5) is 0 Å². The monoisotopic (exact) mass is 215 g/mol. The first kappa shape index (κ1) is 14.9. The van der Waals surface area contributed by atoms with Crippen LogP contribution >= 0.6 is 0 Å². The fourth-order valence-electron chi connectivity index (χ4n) is 1.91. The molecule has 2 unspecified atom stereocenters. The van der Waals surface area contributed by atoms with Crippen LogP contribution in [-0.4, -0.2) is 26.3 Å². The fraction of sp³-hybridized carbons (Fsp3) is 1.00. The number of ether oxygens (including phenoxy) is 1. The topological polar surface area (TPSA) is 21.3 Å². The van der Waals surface area contributed by atoms with Crippen molar-refractivity contribution in [2.45, 2.75) is 47.1 Å². The molecule has 92 valence electrons. The summed E-state index contributed by atoms with van der Waals surface area (Å²) < 4.78 is 5.25. The van der Waals surface area contributed by atoms with Crippen molar-refractivity contribution in [3.05, 3.63) is 0 Å². The molecule has 0 aliphatic heterocycles. The van der Waals surface area contributed by atoms with E-state index in [2.05, 4.69) is 39.9 Å². The van der Waals surface area contributed by atoms with E-state index >= 15 is 0 Å². The number of nitrogens with one attached hydrogen (secondary N) is 1. The van der Waals surface area contributed by atoms with Crippen LogP contribution in [0.1, 0.15) is 41.0 Å². The first-order chi connectivity index (χ1) is 6.97. The maximum absolute atomic E-state index is 5.25. The van der Waals surface area contributed by atoms with Gasteiger partial charge in [0.25, 0.3) is 0 Å². The molecule has 0 bridgehead atoms. The van der Waals surface area contributed by atoms with E-state index < -0.39 is 0 Å². The molecule has 0 saturated heterocycles. The Bertz CT molecular complexity index is 145. The van der Waals surface area contributed by atoms with E-state index in [4.69, 9.17) is 4.74 Å². The van der Waals surface area contributed by atoms with Gasteiger partial charge in [-0.25, -0.2) is 0 Å². The van der Waals surface area contributed by atoms with Gasteiger partial charge in [0.15, 0.2) is 0 Å². The lowest BCUT2D eigenvalue weighted by Gasteiger charge is -2.26. The molecule has 1 N–H and O–H groups in total. The van der Waals surface area contributed by atoms with Gasteiger partial charge in [0, 0.05) is 19.8 Å². The molecule has 0 amide bonds. The fourth-order valence-corrected chi connectivity index (χ4v) is 1.91. The highest BCUT2D eigenvalue weighted by molar-refractivity contribution is 4.71. The summed E-state index contributed by atoms with van der Waals surface area (Å²) >= 11 is 0. The maximum Gasteiger partial charge on any atom is 0.0490 e. The normalized spacial score (nSPS) is 16.0. The minimum Gasteiger partial charge on any atom is -0.384 e. The second kappa shape index (κ2) is 8.12. The van der Waals surface area contributed by atoms with Crippen LogP contribution in [0.3, 0.4) is 0 Å². The highest BCUT2D eigenvalue weighted by Gasteiger charge is 2.18. The Labute approximate surface area is 95.8 Å². The Balaban J connectivity index is 4.04. The van der Waals surface area contributed by atoms with E-state index in [-0.39, 0.29) is 0 Å². The van der Waals surface area contributed by atoms with Crippen molar-refractivity contribution in [3.63, 3.8) is 0 Å². The van der Waals surface area contributed by atoms with Crippen molar-refractivity contribution in [2.75, 3.05) is 20.3 Å². The van der Waals surface area contributed by atoms with E-state index in [0.29, 0.717) is 12.0 Å². The van der Waals surface area contributed by atoms with Crippen molar-refractivity contribution in [3.8, 4) is 0 Å². The minimum absolute atomic E-state index is 0.578. The maximum atomic E-state index is 5.25. The first-order valence-corrected chi connectivity index (χ1v) is 6.19. The third-order valence-electron chi connectivity index (χ3n) is 2.80. The van der Waals surface area contributed by atoms with Crippen molar-refractivity contribution in [2.24, 2.45) is 17.8 Å². The SMILES string of the molecule is COCC(C)C(CNC(C)C)CC(C)C. The molecule has 0 aromatic heterocycles. The molecule has 0 fully saturated rings. The quantitative estimate of drug-likeness (QED) is 0.672. The van der Waals surface area contributed by atoms with Crippen molar-refractivity contribution in [1.29, 1.82) is 0 Å². The molecule has 15 heavy (non-hydrogen) atoms. The molecule has 2 atom stereocenters. The zero-order valence-corrected chi connectivity index (χ0v) is 11.3. The number of methoxy groups -OCH3 is 1. The molecule has 0 heterocycles.